The van der Waals surface area contributed by atoms with Crippen LogP contribution in [0, 0.1) is 5.92 Å². The van der Waals surface area contributed by atoms with Gasteiger partial charge in [-0.15, -0.1) is 0 Å². The highest BCUT2D eigenvalue weighted by atomic mass is 16.7. The molecular formula is C19H24N2O4. The fourth-order valence-corrected chi connectivity index (χ4v) is 5.35. The van der Waals surface area contributed by atoms with Gasteiger partial charge in [-0.3, -0.25) is 9.69 Å². The van der Waals surface area contributed by atoms with E-state index in [2.05, 4.69) is 21.9 Å². The van der Waals surface area contributed by atoms with Crippen LogP contribution in [0.25, 0.3) is 0 Å². The van der Waals surface area contributed by atoms with Crippen molar-refractivity contribution in [3.8, 4) is 11.5 Å². The number of likely N-dealkylation sites (tertiary alicyclic amines) is 1. The second-order valence-corrected chi connectivity index (χ2v) is 7.55. The van der Waals surface area contributed by atoms with E-state index in [4.69, 9.17) is 14.2 Å². The highest BCUT2D eigenvalue weighted by Gasteiger charge is 2.54. The Labute approximate surface area is 147 Å². The van der Waals surface area contributed by atoms with Crippen molar-refractivity contribution in [1.82, 2.24) is 9.80 Å². The summed E-state index contributed by atoms with van der Waals surface area (Å²) in [4.78, 5) is 17.4. The summed E-state index contributed by atoms with van der Waals surface area (Å²) in [5.41, 5.74) is 1.25. The van der Waals surface area contributed by atoms with Crippen LogP contribution in [0.1, 0.15) is 24.3 Å². The molecule has 6 heteroatoms. The first-order valence-corrected chi connectivity index (χ1v) is 9.18. The zero-order valence-corrected chi connectivity index (χ0v) is 14.5. The molecule has 0 saturated carbocycles. The number of piperidine rings is 3. The average Bonchev–Trinajstić information content (AvgIpc) is 3.28. The Balaban J connectivity index is 1.50. The molecular weight excluding hydrogens is 320 g/mol. The summed E-state index contributed by atoms with van der Waals surface area (Å²) in [5.74, 6) is 2.70. The number of hydrogen-bond donors (Lipinski definition) is 0. The number of fused-ring (bicyclic) bond motifs is 3. The molecule has 0 radical (unpaired) electrons. The van der Waals surface area contributed by atoms with Crippen molar-refractivity contribution in [2.24, 2.45) is 5.92 Å². The SMILES string of the molecule is COCC(=O)N1C[C@H](c2ccc3c(c2)OCO3)[C@@H]2[C@H]1C1CCN2CC1. The van der Waals surface area contributed by atoms with Crippen LogP contribution in [0.3, 0.4) is 0 Å². The van der Waals surface area contributed by atoms with Crippen LogP contribution in [0.5, 0.6) is 11.5 Å². The quantitative estimate of drug-likeness (QED) is 0.831. The molecule has 4 fully saturated rings. The summed E-state index contributed by atoms with van der Waals surface area (Å²) in [6.45, 7) is 3.54. The van der Waals surface area contributed by atoms with Gasteiger partial charge in [0.05, 0.1) is 6.04 Å². The zero-order chi connectivity index (χ0) is 17.0. The molecule has 1 amide bonds. The minimum atomic E-state index is 0.120. The van der Waals surface area contributed by atoms with Gasteiger partial charge in [-0.05, 0) is 49.5 Å². The Hall–Kier alpha value is -1.79. The van der Waals surface area contributed by atoms with Gasteiger partial charge < -0.3 is 19.1 Å². The van der Waals surface area contributed by atoms with Crippen LogP contribution < -0.4 is 9.47 Å². The van der Waals surface area contributed by atoms with Crippen LogP contribution in [0.15, 0.2) is 18.2 Å². The maximum atomic E-state index is 12.7. The summed E-state index contributed by atoms with van der Waals surface area (Å²) in [6.07, 6.45) is 2.40. The Kier molecular flexibility index (Phi) is 3.64. The largest absolute Gasteiger partial charge is 0.454 e. The van der Waals surface area contributed by atoms with Crippen LogP contribution in [-0.4, -0.2) is 67.9 Å². The van der Waals surface area contributed by atoms with Crippen molar-refractivity contribution < 1.29 is 19.0 Å². The van der Waals surface area contributed by atoms with E-state index in [1.165, 1.54) is 18.4 Å². The Bertz CT molecular complexity index is 686. The third kappa shape index (κ3) is 2.34. The Morgan fingerprint density at radius 3 is 2.80 bits per heavy atom. The third-order valence-corrected chi connectivity index (χ3v) is 6.41. The lowest BCUT2D eigenvalue weighted by Crippen LogP contribution is -2.61. The Morgan fingerprint density at radius 1 is 1.20 bits per heavy atom. The van der Waals surface area contributed by atoms with E-state index in [1.807, 2.05) is 6.07 Å². The standard InChI is InChI=1S/C19H24N2O4/c1-23-10-17(22)21-9-14(13-2-3-15-16(8-13)25-11-24-15)19-18(21)12-4-6-20(19)7-5-12/h2-3,8,12,14,18-19H,4-7,9-11H2,1H3/t14-,18-,19-/m1/s1. The third-order valence-electron chi connectivity index (χ3n) is 6.41. The molecule has 0 spiro atoms. The summed E-state index contributed by atoms with van der Waals surface area (Å²) in [7, 11) is 1.59. The monoisotopic (exact) mass is 344 g/mol. The molecule has 1 aromatic carbocycles. The highest BCUT2D eigenvalue weighted by Crippen LogP contribution is 2.47. The summed E-state index contributed by atoms with van der Waals surface area (Å²) in [5, 5.41) is 0. The molecule has 5 aliphatic rings. The maximum Gasteiger partial charge on any atom is 0.248 e. The molecule has 2 bridgehead atoms. The maximum absolute atomic E-state index is 12.7. The topological polar surface area (TPSA) is 51.2 Å². The van der Waals surface area contributed by atoms with E-state index >= 15 is 0 Å². The predicted molar refractivity (Wildman–Crippen MR) is 90.8 cm³/mol. The number of hydrogen-bond acceptors (Lipinski definition) is 5. The van der Waals surface area contributed by atoms with E-state index in [0.717, 1.165) is 31.1 Å². The molecule has 0 aliphatic carbocycles. The molecule has 0 N–H and O–H groups in total. The van der Waals surface area contributed by atoms with Gasteiger partial charge in [0, 0.05) is 25.6 Å². The summed E-state index contributed by atoms with van der Waals surface area (Å²) < 4.78 is 16.2. The number of ether oxygens (including phenoxy) is 3. The number of rotatable bonds is 3. The van der Waals surface area contributed by atoms with Crippen molar-refractivity contribution >= 4 is 5.91 Å². The van der Waals surface area contributed by atoms with Crippen LogP contribution in [0.2, 0.25) is 0 Å². The van der Waals surface area contributed by atoms with E-state index in [1.54, 1.807) is 7.11 Å². The van der Waals surface area contributed by atoms with Crippen LogP contribution >= 0.6 is 0 Å². The fourth-order valence-electron chi connectivity index (χ4n) is 5.35. The lowest BCUT2D eigenvalue weighted by atomic mass is 9.75. The molecule has 5 heterocycles. The van der Waals surface area contributed by atoms with E-state index in [-0.39, 0.29) is 12.5 Å². The lowest BCUT2D eigenvalue weighted by molar-refractivity contribution is -0.139. The fraction of sp³-hybridized carbons (Fsp3) is 0.632. The first-order chi connectivity index (χ1) is 12.3. The first-order valence-electron chi connectivity index (χ1n) is 9.18. The summed E-state index contributed by atoms with van der Waals surface area (Å²) >= 11 is 0. The second-order valence-electron chi connectivity index (χ2n) is 7.55. The molecule has 5 aliphatic heterocycles. The molecule has 3 atom stereocenters. The number of methoxy groups -OCH3 is 1. The van der Waals surface area contributed by atoms with Crippen molar-refractivity contribution in [2.75, 3.05) is 40.1 Å². The number of amides is 1. The average molecular weight is 344 g/mol. The van der Waals surface area contributed by atoms with Gasteiger partial charge in [0.1, 0.15) is 6.61 Å². The smallest absolute Gasteiger partial charge is 0.248 e. The first kappa shape index (κ1) is 15.5. The minimum Gasteiger partial charge on any atom is -0.454 e. The van der Waals surface area contributed by atoms with Crippen molar-refractivity contribution in [2.45, 2.75) is 30.8 Å². The van der Waals surface area contributed by atoms with Crippen molar-refractivity contribution in [3.05, 3.63) is 23.8 Å². The Morgan fingerprint density at radius 2 is 2.00 bits per heavy atom. The highest BCUT2D eigenvalue weighted by molar-refractivity contribution is 5.78. The molecule has 6 rings (SSSR count). The van der Waals surface area contributed by atoms with Crippen molar-refractivity contribution in [1.29, 1.82) is 0 Å². The normalized spacial score (nSPS) is 35.1. The minimum absolute atomic E-state index is 0.120. The molecule has 25 heavy (non-hydrogen) atoms. The number of carbonyl (C=O) groups excluding carboxylic acids is 1. The molecule has 6 nitrogen and oxygen atoms in total. The molecule has 134 valence electrons. The van der Waals surface area contributed by atoms with Gasteiger partial charge in [0.25, 0.3) is 0 Å². The van der Waals surface area contributed by atoms with Gasteiger partial charge in [0.2, 0.25) is 12.7 Å². The zero-order valence-electron chi connectivity index (χ0n) is 14.5. The van der Waals surface area contributed by atoms with Crippen molar-refractivity contribution in [3.63, 3.8) is 0 Å². The number of nitrogens with zero attached hydrogens (tertiary/aromatic N) is 2. The van der Waals surface area contributed by atoms with Gasteiger partial charge in [-0.2, -0.15) is 0 Å². The van der Waals surface area contributed by atoms with Crippen LogP contribution in [0.4, 0.5) is 0 Å². The molecule has 1 aromatic rings. The van der Waals surface area contributed by atoms with E-state index in [9.17, 15) is 4.79 Å². The summed E-state index contributed by atoms with van der Waals surface area (Å²) in [6, 6.07) is 6.98. The second kappa shape index (κ2) is 5.88. The van der Waals surface area contributed by atoms with Gasteiger partial charge in [-0.25, -0.2) is 0 Å². The molecule has 4 saturated heterocycles. The van der Waals surface area contributed by atoms with Gasteiger partial charge in [0.15, 0.2) is 11.5 Å². The van der Waals surface area contributed by atoms with E-state index < -0.39 is 0 Å². The predicted octanol–water partition coefficient (Wildman–Crippen LogP) is 1.45. The lowest BCUT2D eigenvalue weighted by Gasteiger charge is -2.51. The molecule has 0 aromatic heterocycles. The van der Waals surface area contributed by atoms with Gasteiger partial charge in [-0.1, -0.05) is 6.07 Å². The van der Waals surface area contributed by atoms with Gasteiger partial charge >= 0.3 is 0 Å². The number of carbonyl (C=O) groups is 1. The molecule has 0 unspecified atom stereocenters. The van der Waals surface area contributed by atoms with E-state index in [0.29, 0.717) is 30.7 Å². The number of benzene rings is 1. The van der Waals surface area contributed by atoms with Crippen LogP contribution in [-0.2, 0) is 9.53 Å².